The van der Waals surface area contributed by atoms with Gasteiger partial charge in [0.15, 0.2) is 6.67 Å². The first kappa shape index (κ1) is 17.4. The zero-order valence-electron chi connectivity index (χ0n) is 14.9. The van der Waals surface area contributed by atoms with E-state index in [1.807, 2.05) is 26.1 Å². The van der Waals surface area contributed by atoms with Crippen LogP contribution in [0.15, 0.2) is 24.3 Å². The van der Waals surface area contributed by atoms with Crippen molar-refractivity contribution >= 4 is 17.8 Å². The van der Waals surface area contributed by atoms with Crippen LogP contribution in [0.2, 0.25) is 0 Å². The van der Waals surface area contributed by atoms with Gasteiger partial charge < -0.3 is 15.5 Å². The van der Waals surface area contributed by atoms with E-state index >= 15 is 0 Å². The van der Waals surface area contributed by atoms with Gasteiger partial charge >= 0.3 is 6.03 Å². The summed E-state index contributed by atoms with van der Waals surface area (Å²) < 4.78 is 0. The summed E-state index contributed by atoms with van der Waals surface area (Å²) in [4.78, 5) is 38.8. The molecule has 3 N–H and O–H groups in total. The van der Waals surface area contributed by atoms with Crippen LogP contribution in [0.1, 0.15) is 35.7 Å². The molecule has 1 saturated carbocycles. The van der Waals surface area contributed by atoms with E-state index in [0.717, 1.165) is 23.3 Å². The highest BCUT2D eigenvalue weighted by Gasteiger charge is 2.56. The molecule has 1 aliphatic carbocycles. The number of urea groups is 1. The Morgan fingerprint density at radius 2 is 1.96 bits per heavy atom. The Bertz CT molecular complexity index is 699. The number of hydrogen-bond acceptors (Lipinski definition) is 3. The fourth-order valence-corrected chi connectivity index (χ4v) is 3.39. The number of quaternary nitrogens is 1. The molecular formula is C18H25N4O3+. The summed E-state index contributed by atoms with van der Waals surface area (Å²) >= 11 is 0. The van der Waals surface area contributed by atoms with Gasteiger partial charge in [-0.15, -0.1) is 0 Å². The number of carbonyl (C=O) groups excluding carboxylic acids is 3. The molecule has 0 bridgehead atoms. The van der Waals surface area contributed by atoms with Crippen molar-refractivity contribution < 1.29 is 19.3 Å². The maximum Gasteiger partial charge on any atom is 0.329 e. The van der Waals surface area contributed by atoms with Crippen LogP contribution in [0, 0.1) is 5.92 Å². The maximum atomic E-state index is 12.6. The van der Waals surface area contributed by atoms with Gasteiger partial charge in [-0.2, -0.15) is 0 Å². The van der Waals surface area contributed by atoms with Crippen molar-refractivity contribution in [3.05, 3.63) is 35.4 Å². The van der Waals surface area contributed by atoms with Gasteiger partial charge in [0, 0.05) is 18.2 Å². The lowest BCUT2D eigenvalue weighted by Crippen LogP contribution is -3.09. The fourth-order valence-electron chi connectivity index (χ4n) is 3.39. The Kier molecular flexibility index (Phi) is 4.51. The Morgan fingerprint density at radius 1 is 1.32 bits per heavy atom. The number of hydrogen-bond donors (Lipinski definition) is 3. The summed E-state index contributed by atoms with van der Waals surface area (Å²) in [6, 6.07) is 7.05. The maximum absolute atomic E-state index is 12.6. The summed E-state index contributed by atoms with van der Waals surface area (Å²) in [6.07, 6.45) is 1.99. The average molecular weight is 345 g/mol. The highest BCUT2D eigenvalue weighted by atomic mass is 16.2. The standard InChI is InChI=1S/C18H24N4O3/c1-18(14-8-9-14)16(24)22(17(25)20-18)11-21(3)10-12-4-6-13(7-5-12)15(23)19-2/h4-7,14H,8-11H2,1-3H3,(H,19,23)(H,20,25)/p+1/t18-/m0/s1. The van der Waals surface area contributed by atoms with E-state index in [1.165, 1.54) is 4.90 Å². The zero-order chi connectivity index (χ0) is 18.2. The predicted molar refractivity (Wildman–Crippen MR) is 91.8 cm³/mol. The molecule has 0 spiro atoms. The monoisotopic (exact) mass is 345 g/mol. The molecule has 1 unspecified atom stereocenters. The summed E-state index contributed by atoms with van der Waals surface area (Å²) in [5.41, 5.74) is 0.923. The third kappa shape index (κ3) is 3.37. The second kappa shape index (κ2) is 6.48. The highest BCUT2D eigenvalue weighted by Crippen LogP contribution is 2.42. The number of benzene rings is 1. The van der Waals surface area contributed by atoms with E-state index in [1.54, 1.807) is 19.2 Å². The molecule has 7 nitrogen and oxygen atoms in total. The van der Waals surface area contributed by atoms with Crippen LogP contribution in [0.4, 0.5) is 4.79 Å². The summed E-state index contributed by atoms with van der Waals surface area (Å²) in [5, 5.41) is 5.46. The Labute approximate surface area is 147 Å². The van der Waals surface area contributed by atoms with E-state index < -0.39 is 5.54 Å². The van der Waals surface area contributed by atoms with Gasteiger partial charge in [0.1, 0.15) is 12.1 Å². The number of carbonyl (C=O) groups is 3. The van der Waals surface area contributed by atoms with Crippen LogP contribution in [0.25, 0.3) is 0 Å². The number of imide groups is 1. The zero-order valence-corrected chi connectivity index (χ0v) is 14.9. The molecule has 1 heterocycles. The lowest BCUT2D eigenvalue weighted by Gasteiger charge is -2.22. The molecular weight excluding hydrogens is 320 g/mol. The molecule has 25 heavy (non-hydrogen) atoms. The molecule has 1 saturated heterocycles. The second-order valence-corrected chi connectivity index (χ2v) is 7.21. The Morgan fingerprint density at radius 3 is 2.52 bits per heavy atom. The summed E-state index contributed by atoms with van der Waals surface area (Å²) in [6.45, 7) is 2.81. The molecule has 0 aromatic heterocycles. The van der Waals surface area contributed by atoms with Gasteiger partial charge in [-0.3, -0.25) is 9.59 Å². The van der Waals surface area contributed by atoms with E-state index in [0.29, 0.717) is 18.8 Å². The molecule has 0 radical (unpaired) electrons. The minimum atomic E-state index is -0.730. The largest absolute Gasteiger partial charge is 0.355 e. The van der Waals surface area contributed by atoms with Crippen LogP contribution in [0.5, 0.6) is 0 Å². The van der Waals surface area contributed by atoms with Crippen molar-refractivity contribution in [2.45, 2.75) is 31.8 Å². The first-order valence-corrected chi connectivity index (χ1v) is 8.61. The van der Waals surface area contributed by atoms with Gasteiger partial charge in [0.05, 0.1) is 7.05 Å². The lowest BCUT2D eigenvalue weighted by atomic mass is 9.96. The van der Waals surface area contributed by atoms with Gasteiger partial charge in [-0.1, -0.05) is 12.1 Å². The molecule has 4 amide bonds. The van der Waals surface area contributed by atoms with Crippen molar-refractivity contribution in [2.24, 2.45) is 5.92 Å². The normalized spacial score (nSPS) is 24.2. The second-order valence-electron chi connectivity index (χ2n) is 7.21. The number of rotatable bonds is 6. The Hall–Kier alpha value is -2.41. The molecule has 2 fully saturated rings. The third-order valence-corrected chi connectivity index (χ3v) is 5.07. The van der Waals surface area contributed by atoms with Crippen molar-refractivity contribution in [1.29, 1.82) is 0 Å². The molecule has 7 heteroatoms. The van der Waals surface area contributed by atoms with Crippen LogP contribution >= 0.6 is 0 Å². The third-order valence-electron chi connectivity index (χ3n) is 5.07. The summed E-state index contributed by atoms with van der Waals surface area (Å²) in [5.74, 6) is 0.0341. The number of nitrogens with zero attached hydrogens (tertiary/aromatic N) is 1. The molecule has 2 atom stereocenters. The van der Waals surface area contributed by atoms with Crippen LogP contribution in [-0.2, 0) is 11.3 Å². The van der Waals surface area contributed by atoms with E-state index in [9.17, 15) is 14.4 Å². The van der Waals surface area contributed by atoms with Gasteiger partial charge in [0.2, 0.25) is 0 Å². The molecule has 1 aromatic carbocycles. The molecule has 1 aromatic rings. The fraction of sp³-hybridized carbons (Fsp3) is 0.500. The molecule has 2 aliphatic rings. The van der Waals surface area contributed by atoms with Crippen molar-refractivity contribution in [1.82, 2.24) is 15.5 Å². The number of amides is 4. The lowest BCUT2D eigenvalue weighted by molar-refractivity contribution is -0.901. The number of nitrogens with one attached hydrogen (secondary N) is 3. The topological polar surface area (TPSA) is 82.9 Å². The van der Waals surface area contributed by atoms with Crippen LogP contribution < -0.4 is 15.5 Å². The van der Waals surface area contributed by atoms with Gasteiger partial charge in [0.25, 0.3) is 11.8 Å². The van der Waals surface area contributed by atoms with Crippen molar-refractivity contribution in [3.63, 3.8) is 0 Å². The quantitative estimate of drug-likeness (QED) is 0.621. The first-order chi connectivity index (χ1) is 11.8. The van der Waals surface area contributed by atoms with Crippen LogP contribution in [0.3, 0.4) is 0 Å². The van der Waals surface area contributed by atoms with Gasteiger partial charge in [-0.25, -0.2) is 9.69 Å². The smallest absolute Gasteiger partial charge is 0.329 e. The van der Waals surface area contributed by atoms with Gasteiger partial charge in [-0.05, 0) is 37.8 Å². The van der Waals surface area contributed by atoms with Crippen molar-refractivity contribution in [3.8, 4) is 0 Å². The predicted octanol–water partition coefficient (Wildman–Crippen LogP) is -0.261. The van der Waals surface area contributed by atoms with E-state index in [-0.39, 0.29) is 23.8 Å². The highest BCUT2D eigenvalue weighted by molar-refractivity contribution is 6.07. The Balaban J connectivity index is 1.60. The van der Waals surface area contributed by atoms with Crippen LogP contribution in [-0.4, -0.2) is 49.0 Å². The minimum Gasteiger partial charge on any atom is -0.355 e. The molecule has 134 valence electrons. The molecule has 1 aliphatic heterocycles. The summed E-state index contributed by atoms with van der Waals surface area (Å²) in [7, 11) is 3.54. The van der Waals surface area contributed by atoms with E-state index in [4.69, 9.17) is 0 Å². The van der Waals surface area contributed by atoms with E-state index in [2.05, 4.69) is 10.6 Å². The average Bonchev–Trinajstić information content (AvgIpc) is 3.41. The van der Waals surface area contributed by atoms with Crippen molar-refractivity contribution in [2.75, 3.05) is 20.8 Å². The molecule has 3 rings (SSSR count). The first-order valence-electron chi connectivity index (χ1n) is 8.61. The minimum absolute atomic E-state index is 0.116. The SMILES string of the molecule is CNC(=O)c1ccc(C[NH+](C)CN2C(=O)N[C@@](C)(C3CC3)C2=O)cc1.